The molecule has 0 aliphatic heterocycles. The number of anilines is 1. The van der Waals surface area contributed by atoms with Crippen LogP contribution in [0.5, 0.6) is 0 Å². The first-order chi connectivity index (χ1) is 12.0. The van der Waals surface area contributed by atoms with E-state index in [1.165, 1.54) is 7.11 Å². The van der Waals surface area contributed by atoms with Crippen LogP contribution in [0.25, 0.3) is 0 Å². The maximum atomic E-state index is 12.0. The molecule has 0 saturated heterocycles. The second-order valence-corrected chi connectivity index (χ2v) is 7.54. The van der Waals surface area contributed by atoms with Crippen molar-refractivity contribution in [2.24, 2.45) is 0 Å². The van der Waals surface area contributed by atoms with Crippen LogP contribution >= 0.6 is 0 Å². The van der Waals surface area contributed by atoms with E-state index in [0.717, 1.165) is 30.6 Å². The Morgan fingerprint density at radius 1 is 1.08 bits per heavy atom. The normalized spacial score (nSPS) is 11.0. The number of benzene rings is 1. The SMILES string of the molecule is COC(=O)c1cc(C)ccc1N(C)CCCCN(C)C(=O)OC(C)(C)C. The van der Waals surface area contributed by atoms with Gasteiger partial charge in [0.2, 0.25) is 0 Å². The number of esters is 1. The molecule has 0 fully saturated rings. The van der Waals surface area contributed by atoms with Gasteiger partial charge in [-0.15, -0.1) is 0 Å². The molecule has 0 aliphatic rings. The van der Waals surface area contributed by atoms with E-state index in [9.17, 15) is 9.59 Å². The lowest BCUT2D eigenvalue weighted by Gasteiger charge is -2.25. The number of carbonyl (C=O) groups excluding carboxylic acids is 2. The first-order valence-corrected chi connectivity index (χ1v) is 8.89. The molecule has 26 heavy (non-hydrogen) atoms. The Labute approximate surface area is 157 Å². The Kier molecular flexibility index (Phi) is 7.93. The van der Waals surface area contributed by atoms with Crippen LogP contribution in [-0.2, 0) is 9.47 Å². The molecule has 0 radical (unpaired) electrons. The molecular weight excluding hydrogens is 332 g/mol. The molecule has 6 nitrogen and oxygen atoms in total. The number of hydrogen-bond acceptors (Lipinski definition) is 5. The maximum absolute atomic E-state index is 12.0. The summed E-state index contributed by atoms with van der Waals surface area (Å²) in [4.78, 5) is 27.6. The van der Waals surface area contributed by atoms with Crippen LogP contribution in [0.2, 0.25) is 0 Å². The highest BCUT2D eigenvalue weighted by Crippen LogP contribution is 2.22. The number of aryl methyl sites for hydroxylation is 1. The Morgan fingerprint density at radius 2 is 1.69 bits per heavy atom. The Bertz CT molecular complexity index is 623. The van der Waals surface area contributed by atoms with Crippen molar-refractivity contribution in [3.8, 4) is 0 Å². The third-order valence-corrected chi connectivity index (χ3v) is 3.91. The molecule has 1 aromatic rings. The Morgan fingerprint density at radius 3 is 2.27 bits per heavy atom. The molecule has 0 saturated carbocycles. The van der Waals surface area contributed by atoms with Gasteiger partial charge in [0.25, 0.3) is 0 Å². The van der Waals surface area contributed by atoms with Crippen molar-refractivity contribution in [3.63, 3.8) is 0 Å². The molecular formula is C20H32N2O4. The number of rotatable bonds is 7. The predicted molar refractivity (Wildman–Crippen MR) is 104 cm³/mol. The topological polar surface area (TPSA) is 59.1 Å². The summed E-state index contributed by atoms with van der Waals surface area (Å²) in [5, 5.41) is 0. The fourth-order valence-electron chi connectivity index (χ4n) is 2.51. The highest BCUT2D eigenvalue weighted by Gasteiger charge is 2.19. The van der Waals surface area contributed by atoms with Gasteiger partial charge in [0.1, 0.15) is 5.60 Å². The van der Waals surface area contributed by atoms with Crippen LogP contribution in [0, 0.1) is 6.92 Å². The zero-order chi connectivity index (χ0) is 19.9. The summed E-state index contributed by atoms with van der Waals surface area (Å²) >= 11 is 0. The van der Waals surface area contributed by atoms with Crippen molar-refractivity contribution in [3.05, 3.63) is 29.3 Å². The number of methoxy groups -OCH3 is 1. The van der Waals surface area contributed by atoms with Crippen molar-refractivity contribution >= 4 is 17.7 Å². The van der Waals surface area contributed by atoms with Gasteiger partial charge in [-0.2, -0.15) is 0 Å². The fraction of sp³-hybridized carbons (Fsp3) is 0.600. The van der Waals surface area contributed by atoms with Gasteiger partial charge in [-0.25, -0.2) is 9.59 Å². The molecule has 6 heteroatoms. The van der Waals surface area contributed by atoms with Crippen LogP contribution in [0.1, 0.15) is 49.5 Å². The molecule has 0 aromatic heterocycles. The van der Waals surface area contributed by atoms with Crippen LogP contribution in [0.15, 0.2) is 18.2 Å². The van der Waals surface area contributed by atoms with Crippen LogP contribution in [0.4, 0.5) is 10.5 Å². The van der Waals surface area contributed by atoms with Crippen LogP contribution in [-0.4, -0.2) is 56.9 Å². The van der Waals surface area contributed by atoms with Crippen molar-refractivity contribution in [2.45, 2.75) is 46.1 Å². The van der Waals surface area contributed by atoms with E-state index in [2.05, 4.69) is 0 Å². The third kappa shape index (κ3) is 6.94. The highest BCUT2D eigenvalue weighted by atomic mass is 16.6. The highest BCUT2D eigenvalue weighted by molar-refractivity contribution is 5.96. The van der Waals surface area contributed by atoms with E-state index in [0.29, 0.717) is 12.1 Å². The van der Waals surface area contributed by atoms with Crippen molar-refractivity contribution in [1.82, 2.24) is 4.90 Å². The van der Waals surface area contributed by atoms with E-state index in [1.54, 1.807) is 11.9 Å². The fourth-order valence-corrected chi connectivity index (χ4v) is 2.51. The van der Waals surface area contributed by atoms with E-state index >= 15 is 0 Å². The predicted octanol–water partition coefficient (Wildman–Crippen LogP) is 3.86. The molecule has 0 N–H and O–H groups in total. The molecule has 0 bridgehead atoms. The largest absolute Gasteiger partial charge is 0.465 e. The van der Waals surface area contributed by atoms with E-state index in [-0.39, 0.29) is 12.1 Å². The molecule has 1 amide bonds. The summed E-state index contributed by atoms with van der Waals surface area (Å²) in [5.41, 5.74) is 1.95. The number of unbranched alkanes of at least 4 members (excludes halogenated alkanes) is 1. The minimum atomic E-state index is -0.485. The lowest BCUT2D eigenvalue weighted by molar-refractivity contribution is 0.0296. The minimum absolute atomic E-state index is 0.308. The summed E-state index contributed by atoms with van der Waals surface area (Å²) in [6.07, 6.45) is 1.43. The summed E-state index contributed by atoms with van der Waals surface area (Å²) in [6.45, 7) is 8.91. The average Bonchev–Trinajstić information content (AvgIpc) is 2.55. The number of hydrogen-bond donors (Lipinski definition) is 0. The molecule has 0 atom stereocenters. The smallest absolute Gasteiger partial charge is 0.410 e. The van der Waals surface area contributed by atoms with Crippen LogP contribution < -0.4 is 4.90 Å². The molecule has 1 rings (SSSR count). The van der Waals surface area contributed by atoms with E-state index in [1.807, 2.05) is 57.8 Å². The third-order valence-electron chi connectivity index (χ3n) is 3.91. The molecule has 146 valence electrons. The maximum Gasteiger partial charge on any atom is 0.410 e. The van der Waals surface area contributed by atoms with Gasteiger partial charge >= 0.3 is 12.1 Å². The number of amides is 1. The summed E-state index contributed by atoms with van der Waals surface area (Å²) < 4.78 is 10.2. The lowest BCUT2D eigenvalue weighted by Crippen LogP contribution is -2.35. The number of ether oxygens (including phenoxy) is 2. The second kappa shape index (κ2) is 9.46. The lowest BCUT2D eigenvalue weighted by atomic mass is 10.1. The van der Waals surface area contributed by atoms with Crippen molar-refractivity contribution in [2.75, 3.05) is 39.2 Å². The number of nitrogens with zero attached hydrogens (tertiary/aromatic N) is 2. The monoisotopic (exact) mass is 364 g/mol. The zero-order valence-corrected chi connectivity index (χ0v) is 17.1. The van der Waals surface area contributed by atoms with Gasteiger partial charge in [-0.3, -0.25) is 0 Å². The summed E-state index contributed by atoms with van der Waals surface area (Å²) in [5.74, 6) is -0.333. The van der Waals surface area contributed by atoms with Gasteiger partial charge in [0, 0.05) is 27.2 Å². The average molecular weight is 364 g/mol. The molecule has 0 spiro atoms. The van der Waals surface area contributed by atoms with Gasteiger partial charge < -0.3 is 19.3 Å². The second-order valence-electron chi connectivity index (χ2n) is 7.54. The zero-order valence-electron chi connectivity index (χ0n) is 17.1. The van der Waals surface area contributed by atoms with Gasteiger partial charge in [-0.05, 0) is 52.7 Å². The van der Waals surface area contributed by atoms with Gasteiger partial charge in [-0.1, -0.05) is 11.6 Å². The Hall–Kier alpha value is -2.24. The first-order valence-electron chi connectivity index (χ1n) is 8.89. The summed E-state index contributed by atoms with van der Waals surface area (Å²) in [6, 6.07) is 5.76. The quantitative estimate of drug-likeness (QED) is 0.543. The molecule has 0 aliphatic carbocycles. The molecule has 1 aromatic carbocycles. The van der Waals surface area contributed by atoms with Gasteiger partial charge in [0.15, 0.2) is 0 Å². The minimum Gasteiger partial charge on any atom is -0.465 e. The van der Waals surface area contributed by atoms with Gasteiger partial charge in [0.05, 0.1) is 18.4 Å². The van der Waals surface area contributed by atoms with Crippen LogP contribution in [0.3, 0.4) is 0 Å². The molecule has 0 unspecified atom stereocenters. The Balaban J connectivity index is 2.54. The van der Waals surface area contributed by atoms with Crippen molar-refractivity contribution in [1.29, 1.82) is 0 Å². The number of carbonyl (C=O) groups is 2. The van der Waals surface area contributed by atoms with E-state index < -0.39 is 5.60 Å². The summed E-state index contributed by atoms with van der Waals surface area (Å²) in [7, 11) is 5.09. The van der Waals surface area contributed by atoms with E-state index in [4.69, 9.17) is 9.47 Å². The first kappa shape index (κ1) is 21.8. The molecule has 0 heterocycles. The van der Waals surface area contributed by atoms with Crippen molar-refractivity contribution < 1.29 is 19.1 Å². The standard InChI is InChI=1S/C20H32N2O4/c1-15-10-11-17(16(14-15)18(23)25-7)21(5)12-8-9-13-22(6)19(24)26-20(2,3)4/h10-11,14H,8-9,12-13H2,1-7H3.